The number of hydrogen-bond acceptors (Lipinski definition) is 6. The molecule has 0 fully saturated rings. The highest BCUT2D eigenvalue weighted by Gasteiger charge is 2.36. The van der Waals surface area contributed by atoms with Gasteiger partial charge < -0.3 is 18.9 Å². The third kappa shape index (κ3) is 3.36. The summed E-state index contributed by atoms with van der Waals surface area (Å²) in [4.78, 5) is 14.6. The van der Waals surface area contributed by atoms with Crippen LogP contribution in [-0.4, -0.2) is 45.0 Å². The van der Waals surface area contributed by atoms with E-state index in [0.717, 1.165) is 11.1 Å². The van der Waals surface area contributed by atoms with E-state index in [0.29, 0.717) is 36.0 Å². The van der Waals surface area contributed by atoms with Gasteiger partial charge in [-0.05, 0) is 30.3 Å². The number of benzene rings is 2. The summed E-state index contributed by atoms with van der Waals surface area (Å²) in [6, 6.07) is 15.3. The van der Waals surface area contributed by atoms with E-state index in [9.17, 15) is 4.79 Å². The first kappa shape index (κ1) is 17.4. The minimum atomic E-state index is -0.322. The normalized spacial score (nSPS) is 18.7. The summed E-state index contributed by atoms with van der Waals surface area (Å²) in [5.41, 5.74) is 2.61. The first-order valence-corrected chi connectivity index (χ1v) is 8.75. The van der Waals surface area contributed by atoms with Crippen molar-refractivity contribution < 1.29 is 23.7 Å². The van der Waals surface area contributed by atoms with Crippen LogP contribution in [0.1, 0.15) is 11.6 Å². The summed E-state index contributed by atoms with van der Waals surface area (Å²) < 4.78 is 21.7. The Morgan fingerprint density at radius 2 is 1.93 bits per heavy atom. The van der Waals surface area contributed by atoms with Crippen molar-refractivity contribution in [3.8, 4) is 17.2 Å². The summed E-state index contributed by atoms with van der Waals surface area (Å²) in [5.74, 6) is 1.72. The number of methoxy groups -OCH3 is 1. The number of carbonyl (C=O) groups is 1. The largest absolute Gasteiger partial charge is 0.489 e. The number of nitrogens with zero attached hydrogens (tertiary/aromatic N) is 1. The zero-order valence-corrected chi connectivity index (χ0v) is 15.3. The molecule has 0 saturated carbocycles. The summed E-state index contributed by atoms with van der Waals surface area (Å²) in [7, 11) is 3.40. The van der Waals surface area contributed by atoms with Crippen LogP contribution >= 0.6 is 0 Å². The van der Waals surface area contributed by atoms with E-state index in [1.807, 2.05) is 49.5 Å². The molecule has 2 heterocycles. The smallest absolute Gasteiger partial charge is 0.335 e. The number of fused-ring (bicyclic) bond motifs is 1. The fourth-order valence-electron chi connectivity index (χ4n) is 3.57. The maximum Gasteiger partial charge on any atom is 0.335 e. The Morgan fingerprint density at radius 3 is 2.70 bits per heavy atom. The predicted octanol–water partition coefficient (Wildman–Crippen LogP) is 2.95. The Hall–Kier alpha value is -2.99. The molecule has 0 aromatic heterocycles. The average Bonchev–Trinajstić information content (AvgIpc) is 3.29. The molecule has 6 nitrogen and oxygen atoms in total. The maximum absolute atomic E-state index is 12.5. The standard InChI is InChI=1S/C21H21NO5/c1-22-11-15(12-25-16-8-9-17-18(10-16)27-13-26-17)19(21(23)24-2)20(22)14-6-4-3-5-7-14/h3-10,20H,11-13H2,1-2H3/t20-/m0/s1. The predicted molar refractivity (Wildman–Crippen MR) is 98.9 cm³/mol. The number of hydrogen-bond donors (Lipinski definition) is 0. The molecule has 2 aliphatic heterocycles. The lowest BCUT2D eigenvalue weighted by molar-refractivity contribution is -0.136. The summed E-state index contributed by atoms with van der Waals surface area (Å²) >= 11 is 0. The summed E-state index contributed by atoms with van der Waals surface area (Å²) in [5, 5.41) is 0. The van der Waals surface area contributed by atoms with Gasteiger partial charge in [0.1, 0.15) is 12.4 Å². The molecule has 2 aliphatic rings. The van der Waals surface area contributed by atoms with Crippen LogP contribution < -0.4 is 14.2 Å². The van der Waals surface area contributed by atoms with E-state index in [-0.39, 0.29) is 18.8 Å². The van der Waals surface area contributed by atoms with Crippen molar-refractivity contribution in [1.29, 1.82) is 0 Å². The number of rotatable bonds is 5. The molecule has 0 radical (unpaired) electrons. The van der Waals surface area contributed by atoms with Gasteiger partial charge in [0, 0.05) is 12.6 Å². The lowest BCUT2D eigenvalue weighted by Gasteiger charge is -2.22. The second-order valence-corrected chi connectivity index (χ2v) is 6.54. The monoisotopic (exact) mass is 367 g/mol. The zero-order valence-electron chi connectivity index (χ0n) is 15.3. The second-order valence-electron chi connectivity index (χ2n) is 6.54. The summed E-state index contributed by atoms with van der Waals surface area (Å²) in [6.07, 6.45) is 0. The molecule has 0 spiro atoms. The van der Waals surface area contributed by atoms with Gasteiger partial charge in [0.25, 0.3) is 0 Å². The van der Waals surface area contributed by atoms with Crippen molar-refractivity contribution in [2.75, 3.05) is 34.1 Å². The van der Waals surface area contributed by atoms with Crippen molar-refractivity contribution in [1.82, 2.24) is 4.90 Å². The second kappa shape index (κ2) is 7.32. The molecule has 1 atom stereocenters. The minimum absolute atomic E-state index is 0.144. The van der Waals surface area contributed by atoms with E-state index < -0.39 is 0 Å². The molecule has 0 aliphatic carbocycles. The van der Waals surface area contributed by atoms with Crippen LogP contribution in [-0.2, 0) is 9.53 Å². The van der Waals surface area contributed by atoms with Gasteiger partial charge in [0.2, 0.25) is 6.79 Å². The number of ether oxygens (including phenoxy) is 4. The first-order chi connectivity index (χ1) is 13.2. The van der Waals surface area contributed by atoms with Crippen LogP contribution in [0.5, 0.6) is 17.2 Å². The fourth-order valence-corrected chi connectivity index (χ4v) is 3.57. The molecule has 6 heteroatoms. The maximum atomic E-state index is 12.5. The molecule has 0 bridgehead atoms. The van der Waals surface area contributed by atoms with Crippen LogP contribution in [0.3, 0.4) is 0 Å². The van der Waals surface area contributed by atoms with Gasteiger partial charge >= 0.3 is 5.97 Å². The molecular weight excluding hydrogens is 346 g/mol. The summed E-state index contributed by atoms with van der Waals surface area (Å²) in [6.45, 7) is 1.16. The number of esters is 1. The molecule has 140 valence electrons. The van der Waals surface area contributed by atoms with Gasteiger partial charge in [0.15, 0.2) is 11.5 Å². The Labute approximate surface area is 157 Å². The van der Waals surface area contributed by atoms with Crippen LogP contribution in [0.15, 0.2) is 59.7 Å². The molecule has 2 aromatic rings. The fraction of sp³-hybridized carbons (Fsp3) is 0.286. The molecule has 0 saturated heterocycles. The molecule has 4 rings (SSSR count). The topological polar surface area (TPSA) is 57.2 Å². The Balaban J connectivity index is 1.59. The third-order valence-electron chi connectivity index (χ3n) is 4.81. The van der Waals surface area contributed by atoms with Crippen molar-refractivity contribution in [3.05, 3.63) is 65.2 Å². The van der Waals surface area contributed by atoms with E-state index in [1.54, 1.807) is 6.07 Å². The molecule has 0 N–H and O–H groups in total. The van der Waals surface area contributed by atoms with Crippen LogP contribution in [0.2, 0.25) is 0 Å². The molecule has 27 heavy (non-hydrogen) atoms. The van der Waals surface area contributed by atoms with Gasteiger partial charge in [-0.3, -0.25) is 4.90 Å². The van der Waals surface area contributed by atoms with Crippen molar-refractivity contribution in [3.63, 3.8) is 0 Å². The highest BCUT2D eigenvalue weighted by molar-refractivity contribution is 5.92. The van der Waals surface area contributed by atoms with Crippen molar-refractivity contribution in [2.45, 2.75) is 6.04 Å². The minimum Gasteiger partial charge on any atom is -0.489 e. The lowest BCUT2D eigenvalue weighted by atomic mass is 9.98. The third-order valence-corrected chi connectivity index (χ3v) is 4.81. The lowest BCUT2D eigenvalue weighted by Crippen LogP contribution is -2.23. The van der Waals surface area contributed by atoms with Gasteiger partial charge in [-0.25, -0.2) is 4.79 Å². The highest BCUT2D eigenvalue weighted by Crippen LogP contribution is 2.38. The van der Waals surface area contributed by atoms with E-state index in [1.165, 1.54) is 7.11 Å². The van der Waals surface area contributed by atoms with Gasteiger partial charge in [0.05, 0.1) is 18.7 Å². The molecular formula is C21H21NO5. The van der Waals surface area contributed by atoms with E-state index in [4.69, 9.17) is 18.9 Å². The average molecular weight is 367 g/mol. The van der Waals surface area contributed by atoms with Crippen LogP contribution in [0, 0.1) is 0 Å². The molecule has 2 aromatic carbocycles. The van der Waals surface area contributed by atoms with E-state index >= 15 is 0 Å². The Morgan fingerprint density at radius 1 is 1.15 bits per heavy atom. The first-order valence-electron chi connectivity index (χ1n) is 8.75. The Kier molecular flexibility index (Phi) is 4.73. The molecule has 0 amide bonds. The Bertz CT molecular complexity index is 877. The number of carbonyl (C=O) groups excluding carboxylic acids is 1. The SMILES string of the molecule is COC(=O)C1=C(COc2ccc3c(c2)OCO3)CN(C)[C@H]1c1ccccc1. The van der Waals surface area contributed by atoms with Gasteiger partial charge in [-0.15, -0.1) is 0 Å². The van der Waals surface area contributed by atoms with Crippen molar-refractivity contribution in [2.24, 2.45) is 0 Å². The quantitative estimate of drug-likeness (QED) is 0.758. The zero-order chi connectivity index (χ0) is 18.8. The van der Waals surface area contributed by atoms with E-state index in [2.05, 4.69) is 4.90 Å². The van der Waals surface area contributed by atoms with Crippen molar-refractivity contribution >= 4 is 5.97 Å². The van der Waals surface area contributed by atoms with Gasteiger partial charge in [-0.1, -0.05) is 30.3 Å². The van der Waals surface area contributed by atoms with Crippen LogP contribution in [0.4, 0.5) is 0 Å². The van der Waals surface area contributed by atoms with Gasteiger partial charge in [-0.2, -0.15) is 0 Å². The van der Waals surface area contributed by atoms with Crippen LogP contribution in [0.25, 0.3) is 0 Å². The molecule has 0 unspecified atom stereocenters. The highest BCUT2D eigenvalue weighted by atomic mass is 16.7. The number of likely N-dealkylation sites (N-methyl/N-ethyl adjacent to an activating group) is 1.